The molecule has 1 aliphatic carbocycles. The maximum absolute atomic E-state index is 11.6. The van der Waals surface area contributed by atoms with Crippen molar-refractivity contribution in [2.75, 3.05) is 24.7 Å². The van der Waals surface area contributed by atoms with E-state index in [9.17, 15) is 4.79 Å². The van der Waals surface area contributed by atoms with Crippen molar-refractivity contribution >= 4 is 17.1 Å². The van der Waals surface area contributed by atoms with E-state index >= 15 is 0 Å². The molecule has 4 heterocycles. The minimum Gasteiger partial charge on any atom is -0.377 e. The van der Waals surface area contributed by atoms with Crippen LogP contribution in [0.1, 0.15) is 39.5 Å². The van der Waals surface area contributed by atoms with Crippen LogP contribution in [0.4, 0.5) is 5.95 Å². The minimum absolute atomic E-state index is 0.191. The van der Waals surface area contributed by atoms with Gasteiger partial charge in [0.2, 0.25) is 17.6 Å². The molecule has 1 aromatic carbocycles. The Morgan fingerprint density at radius 2 is 1.86 bits per heavy atom. The molecule has 0 unspecified atom stereocenters. The Labute approximate surface area is 208 Å². The van der Waals surface area contributed by atoms with E-state index in [0.29, 0.717) is 24.8 Å². The first-order valence-corrected chi connectivity index (χ1v) is 12.8. The molecule has 0 bridgehead atoms. The van der Waals surface area contributed by atoms with E-state index in [1.807, 2.05) is 30.3 Å². The monoisotopic (exact) mass is 489 g/mol. The summed E-state index contributed by atoms with van der Waals surface area (Å²) in [5.74, 6) is 2.09. The third kappa shape index (κ3) is 4.30. The van der Waals surface area contributed by atoms with Gasteiger partial charge in [0, 0.05) is 18.7 Å². The van der Waals surface area contributed by atoms with Crippen LogP contribution >= 0.6 is 0 Å². The molecule has 6 rings (SSSR count). The SMILES string of the molecule is CC1CCC(Cn2c(N3CCOC[C@H]3C)nc3nc(-c4noc(=O)[nH]4)nc(-c4ccccc4)c32)CC1. The van der Waals surface area contributed by atoms with Gasteiger partial charge in [0.05, 0.1) is 19.3 Å². The molecule has 10 heteroatoms. The van der Waals surface area contributed by atoms with Crippen LogP contribution in [0.3, 0.4) is 0 Å². The molecule has 1 N–H and O–H groups in total. The number of ether oxygens (including phenoxy) is 1. The average Bonchev–Trinajstić information content (AvgIpc) is 3.49. The number of benzene rings is 1. The molecule has 0 amide bonds. The smallest absolute Gasteiger partial charge is 0.377 e. The molecule has 188 valence electrons. The van der Waals surface area contributed by atoms with E-state index in [0.717, 1.165) is 41.7 Å². The van der Waals surface area contributed by atoms with E-state index in [1.54, 1.807) is 0 Å². The van der Waals surface area contributed by atoms with Crippen LogP contribution in [-0.4, -0.2) is 55.5 Å². The lowest BCUT2D eigenvalue weighted by atomic mass is 9.83. The molecule has 1 aliphatic heterocycles. The summed E-state index contributed by atoms with van der Waals surface area (Å²) in [6.07, 6.45) is 4.93. The second-order valence-electron chi connectivity index (χ2n) is 10.1. The Morgan fingerprint density at radius 3 is 2.58 bits per heavy atom. The summed E-state index contributed by atoms with van der Waals surface area (Å²) in [5, 5.41) is 3.83. The maximum Gasteiger partial charge on any atom is 0.439 e. The molecule has 36 heavy (non-hydrogen) atoms. The first kappa shape index (κ1) is 22.9. The van der Waals surface area contributed by atoms with E-state index in [2.05, 4.69) is 33.5 Å². The summed E-state index contributed by atoms with van der Waals surface area (Å²) < 4.78 is 12.8. The number of hydrogen-bond donors (Lipinski definition) is 1. The van der Waals surface area contributed by atoms with Crippen molar-refractivity contribution in [2.24, 2.45) is 11.8 Å². The van der Waals surface area contributed by atoms with E-state index in [4.69, 9.17) is 24.2 Å². The lowest BCUT2D eigenvalue weighted by molar-refractivity contribution is 0.0976. The van der Waals surface area contributed by atoms with Gasteiger partial charge in [0.15, 0.2) is 5.65 Å². The third-order valence-corrected chi connectivity index (χ3v) is 7.48. The highest BCUT2D eigenvalue weighted by atomic mass is 16.5. The van der Waals surface area contributed by atoms with Crippen LogP contribution in [-0.2, 0) is 11.3 Å². The molecular formula is C26H31N7O3. The Bertz CT molecular complexity index is 1400. The van der Waals surface area contributed by atoms with Crippen molar-refractivity contribution in [3.8, 4) is 22.9 Å². The number of rotatable bonds is 5. The average molecular weight is 490 g/mol. The van der Waals surface area contributed by atoms with Crippen LogP contribution in [0.5, 0.6) is 0 Å². The predicted molar refractivity (Wildman–Crippen MR) is 136 cm³/mol. The van der Waals surface area contributed by atoms with Crippen LogP contribution in [0.25, 0.3) is 34.1 Å². The number of aromatic amines is 1. The second-order valence-corrected chi connectivity index (χ2v) is 10.1. The lowest BCUT2D eigenvalue weighted by Gasteiger charge is -2.35. The van der Waals surface area contributed by atoms with Crippen molar-refractivity contribution in [1.29, 1.82) is 0 Å². The van der Waals surface area contributed by atoms with Crippen molar-refractivity contribution in [2.45, 2.75) is 52.1 Å². The van der Waals surface area contributed by atoms with E-state index in [-0.39, 0.29) is 17.7 Å². The van der Waals surface area contributed by atoms with Gasteiger partial charge in [-0.25, -0.2) is 14.8 Å². The number of imidazole rings is 1. The summed E-state index contributed by atoms with van der Waals surface area (Å²) in [5.41, 5.74) is 3.21. The highest BCUT2D eigenvalue weighted by Gasteiger charge is 2.30. The van der Waals surface area contributed by atoms with Gasteiger partial charge in [0.1, 0.15) is 11.2 Å². The van der Waals surface area contributed by atoms with Crippen molar-refractivity contribution < 1.29 is 9.26 Å². The van der Waals surface area contributed by atoms with Gasteiger partial charge in [0.25, 0.3) is 0 Å². The topological polar surface area (TPSA) is 115 Å². The van der Waals surface area contributed by atoms with Crippen LogP contribution < -0.4 is 10.7 Å². The number of anilines is 1. The molecule has 0 radical (unpaired) electrons. The van der Waals surface area contributed by atoms with Gasteiger partial charge < -0.3 is 14.2 Å². The number of H-pyrrole nitrogens is 1. The first-order valence-electron chi connectivity index (χ1n) is 12.8. The fourth-order valence-electron chi connectivity index (χ4n) is 5.44. The Hall–Kier alpha value is -3.53. The molecule has 1 saturated carbocycles. The molecule has 3 aromatic heterocycles. The van der Waals surface area contributed by atoms with Gasteiger partial charge in [-0.1, -0.05) is 55.3 Å². The fourth-order valence-corrected chi connectivity index (χ4v) is 5.44. The molecule has 1 saturated heterocycles. The van der Waals surface area contributed by atoms with Gasteiger partial charge in [-0.05, 0) is 31.6 Å². The summed E-state index contributed by atoms with van der Waals surface area (Å²) in [4.78, 5) is 31.3. The van der Waals surface area contributed by atoms with Crippen LogP contribution in [0.15, 0.2) is 39.6 Å². The normalized spacial score (nSPS) is 22.8. The number of hydrogen-bond acceptors (Lipinski definition) is 8. The van der Waals surface area contributed by atoms with Gasteiger partial charge in [-0.2, -0.15) is 4.98 Å². The van der Waals surface area contributed by atoms with E-state index in [1.165, 1.54) is 25.7 Å². The predicted octanol–water partition coefficient (Wildman–Crippen LogP) is 3.89. The first-order chi connectivity index (χ1) is 17.6. The van der Waals surface area contributed by atoms with Gasteiger partial charge in [-0.3, -0.25) is 9.51 Å². The molecular weight excluding hydrogens is 458 g/mol. The van der Waals surface area contributed by atoms with Gasteiger partial charge >= 0.3 is 5.76 Å². The number of nitrogens with zero attached hydrogens (tertiary/aromatic N) is 6. The number of nitrogens with one attached hydrogen (secondary N) is 1. The van der Waals surface area contributed by atoms with Gasteiger partial charge in [-0.15, -0.1) is 0 Å². The third-order valence-electron chi connectivity index (χ3n) is 7.48. The lowest BCUT2D eigenvalue weighted by Crippen LogP contribution is -2.45. The summed E-state index contributed by atoms with van der Waals surface area (Å²) in [6.45, 7) is 7.47. The Morgan fingerprint density at radius 1 is 1.06 bits per heavy atom. The molecule has 2 fully saturated rings. The quantitative estimate of drug-likeness (QED) is 0.449. The molecule has 4 aromatic rings. The van der Waals surface area contributed by atoms with Crippen LogP contribution in [0.2, 0.25) is 0 Å². The Kier molecular flexibility index (Phi) is 6.04. The standard InChI is InChI=1S/C26H31N7O3/c1-16-8-10-18(11-9-16)14-33-21-20(19-6-4-3-5-7-19)27-23(24-30-26(34)36-31-24)28-22(21)29-25(33)32-12-13-35-15-17(32)2/h3-7,16-18H,8-15H2,1-2H3,(H,30,31,34)/t16?,17-,18?/m1/s1. The summed E-state index contributed by atoms with van der Waals surface area (Å²) in [7, 11) is 0. The summed E-state index contributed by atoms with van der Waals surface area (Å²) in [6, 6.07) is 10.2. The number of fused-ring (bicyclic) bond motifs is 1. The van der Waals surface area contributed by atoms with Crippen molar-refractivity contribution in [3.63, 3.8) is 0 Å². The summed E-state index contributed by atoms with van der Waals surface area (Å²) >= 11 is 0. The van der Waals surface area contributed by atoms with Crippen molar-refractivity contribution in [1.82, 2.24) is 29.7 Å². The Balaban J connectivity index is 1.56. The molecule has 10 nitrogen and oxygen atoms in total. The minimum atomic E-state index is -0.644. The highest BCUT2D eigenvalue weighted by Crippen LogP contribution is 2.36. The van der Waals surface area contributed by atoms with E-state index < -0.39 is 5.76 Å². The highest BCUT2D eigenvalue weighted by molar-refractivity contribution is 5.90. The largest absolute Gasteiger partial charge is 0.439 e. The molecule has 2 aliphatic rings. The number of morpholine rings is 1. The zero-order valence-electron chi connectivity index (χ0n) is 20.7. The zero-order chi connectivity index (χ0) is 24.6. The zero-order valence-corrected chi connectivity index (χ0v) is 20.7. The second kappa shape index (κ2) is 9.50. The number of aromatic nitrogens is 6. The van der Waals surface area contributed by atoms with Crippen molar-refractivity contribution in [3.05, 3.63) is 40.9 Å². The molecule has 0 spiro atoms. The van der Waals surface area contributed by atoms with Crippen LogP contribution in [0, 0.1) is 11.8 Å². The maximum atomic E-state index is 11.6. The molecule has 1 atom stereocenters. The fraction of sp³-hybridized carbons (Fsp3) is 0.500.